The molecule has 1 aromatic heterocycles. The molecule has 0 spiro atoms. The van der Waals surface area contributed by atoms with Crippen LogP contribution in [-0.4, -0.2) is 41.3 Å². The zero-order chi connectivity index (χ0) is 18.0. The van der Waals surface area contributed by atoms with Crippen molar-refractivity contribution in [3.63, 3.8) is 0 Å². The van der Waals surface area contributed by atoms with Gasteiger partial charge in [-0.15, -0.1) is 0 Å². The summed E-state index contributed by atoms with van der Waals surface area (Å²) in [5.41, 5.74) is 0.445. The smallest absolute Gasteiger partial charge is 0.270 e. The third kappa shape index (κ3) is 2.90. The van der Waals surface area contributed by atoms with Crippen molar-refractivity contribution >= 4 is 22.5 Å². The second-order valence-electron chi connectivity index (χ2n) is 6.12. The highest BCUT2D eigenvalue weighted by atomic mass is 16.3. The summed E-state index contributed by atoms with van der Waals surface area (Å²) in [7, 11) is 1.61. The van der Waals surface area contributed by atoms with Crippen LogP contribution >= 0.6 is 0 Å². The van der Waals surface area contributed by atoms with Gasteiger partial charge in [0.1, 0.15) is 18.2 Å². The van der Waals surface area contributed by atoms with Crippen LogP contribution in [0.4, 0.5) is 5.69 Å². The molecule has 0 bridgehead atoms. The number of para-hydroxylation sites is 1. The van der Waals surface area contributed by atoms with Gasteiger partial charge in [0, 0.05) is 18.5 Å². The lowest BCUT2D eigenvalue weighted by molar-refractivity contribution is -0.121. The molecule has 1 saturated heterocycles. The molecule has 0 unspecified atom stereocenters. The summed E-state index contributed by atoms with van der Waals surface area (Å²) < 4.78 is 1.42. The van der Waals surface area contributed by atoms with E-state index in [1.807, 2.05) is 12.1 Å². The van der Waals surface area contributed by atoms with E-state index in [1.165, 1.54) is 9.47 Å². The number of aliphatic hydroxyl groups excluding tert-OH is 1. The number of anilines is 1. The number of nitriles is 1. The minimum Gasteiger partial charge on any atom is -0.387 e. The first-order chi connectivity index (χ1) is 12.1. The van der Waals surface area contributed by atoms with E-state index in [2.05, 4.69) is 5.32 Å². The molecular formula is C18H20N4O3. The molecule has 130 valence electrons. The Labute approximate surface area is 145 Å². The number of fused-ring (bicyclic) bond motifs is 1. The predicted octanol–water partition coefficient (Wildman–Crippen LogP) is 0.487. The summed E-state index contributed by atoms with van der Waals surface area (Å²) in [5.74, 6) is -0.498. The van der Waals surface area contributed by atoms with Gasteiger partial charge >= 0.3 is 0 Å². The van der Waals surface area contributed by atoms with Gasteiger partial charge in [-0.3, -0.25) is 9.59 Å². The van der Waals surface area contributed by atoms with Gasteiger partial charge in [0.25, 0.3) is 11.5 Å². The Bertz CT molecular complexity index is 907. The van der Waals surface area contributed by atoms with Gasteiger partial charge in [0.2, 0.25) is 0 Å². The average molecular weight is 340 g/mol. The van der Waals surface area contributed by atoms with E-state index in [-0.39, 0.29) is 11.6 Å². The van der Waals surface area contributed by atoms with Crippen molar-refractivity contribution in [2.75, 3.05) is 24.6 Å². The Kier molecular flexibility index (Phi) is 4.83. The van der Waals surface area contributed by atoms with Gasteiger partial charge in [0.15, 0.2) is 0 Å². The lowest BCUT2D eigenvalue weighted by Gasteiger charge is -2.35. The van der Waals surface area contributed by atoms with Crippen LogP contribution in [0.25, 0.3) is 10.9 Å². The van der Waals surface area contributed by atoms with Gasteiger partial charge in [-0.1, -0.05) is 18.2 Å². The molecule has 2 N–H and O–H groups in total. The Morgan fingerprint density at radius 2 is 2.08 bits per heavy atom. The zero-order valence-electron chi connectivity index (χ0n) is 14.0. The number of hydrogen-bond donors (Lipinski definition) is 2. The lowest BCUT2D eigenvalue weighted by Crippen LogP contribution is -2.48. The number of hydrogen-bond acceptors (Lipinski definition) is 5. The number of nitrogens with zero attached hydrogens (tertiary/aromatic N) is 3. The molecule has 0 aliphatic carbocycles. The summed E-state index contributed by atoms with van der Waals surface area (Å²) in [6.07, 6.45) is 1.39. The third-order valence-electron chi connectivity index (χ3n) is 4.71. The number of carbonyl (C=O) groups is 1. The minimum absolute atomic E-state index is 0.0680. The van der Waals surface area contributed by atoms with Gasteiger partial charge in [-0.05, 0) is 32.0 Å². The maximum absolute atomic E-state index is 12.7. The molecule has 2 heterocycles. The maximum Gasteiger partial charge on any atom is 0.270 e. The summed E-state index contributed by atoms with van der Waals surface area (Å²) >= 11 is 0. The molecule has 0 atom stereocenters. The third-order valence-corrected chi connectivity index (χ3v) is 4.71. The van der Waals surface area contributed by atoms with Gasteiger partial charge in [0.05, 0.1) is 11.2 Å². The number of aryl methyl sites for hydroxylation is 1. The Hall–Kier alpha value is -2.69. The normalized spacial score (nSPS) is 15.1. The maximum atomic E-state index is 12.7. The second kappa shape index (κ2) is 7.05. The predicted molar refractivity (Wildman–Crippen MR) is 94.4 cm³/mol. The van der Waals surface area contributed by atoms with Crippen LogP contribution in [-0.2, 0) is 11.8 Å². The van der Waals surface area contributed by atoms with Gasteiger partial charge in [-0.2, -0.15) is 5.26 Å². The van der Waals surface area contributed by atoms with Crippen LogP contribution in [0.15, 0.2) is 29.1 Å². The summed E-state index contributed by atoms with van der Waals surface area (Å²) in [4.78, 5) is 26.7. The van der Waals surface area contributed by atoms with Crippen LogP contribution in [0.3, 0.4) is 0 Å². The largest absolute Gasteiger partial charge is 0.387 e. The fourth-order valence-corrected chi connectivity index (χ4v) is 3.48. The van der Waals surface area contributed by atoms with E-state index in [1.54, 1.807) is 25.2 Å². The fourth-order valence-electron chi connectivity index (χ4n) is 3.48. The highest BCUT2D eigenvalue weighted by Crippen LogP contribution is 2.31. The van der Waals surface area contributed by atoms with Crippen molar-refractivity contribution in [3.05, 3.63) is 40.2 Å². The molecular weight excluding hydrogens is 320 g/mol. The second-order valence-corrected chi connectivity index (χ2v) is 6.12. The summed E-state index contributed by atoms with van der Waals surface area (Å²) in [6, 6.07) is 9.00. The molecule has 7 heteroatoms. The van der Waals surface area contributed by atoms with Crippen LogP contribution in [0.5, 0.6) is 0 Å². The molecule has 1 aromatic carbocycles. The number of nitrogens with one attached hydrogen (secondary N) is 1. The highest BCUT2D eigenvalue weighted by Gasteiger charge is 2.31. The van der Waals surface area contributed by atoms with Crippen molar-refractivity contribution < 1.29 is 9.90 Å². The number of rotatable bonds is 3. The van der Waals surface area contributed by atoms with Crippen LogP contribution in [0.2, 0.25) is 0 Å². The Morgan fingerprint density at radius 1 is 1.40 bits per heavy atom. The highest BCUT2D eigenvalue weighted by molar-refractivity contribution is 6.05. The number of pyridine rings is 1. The van der Waals surface area contributed by atoms with Crippen LogP contribution in [0.1, 0.15) is 18.4 Å². The number of aromatic nitrogens is 1. The van der Waals surface area contributed by atoms with Gasteiger partial charge in [-0.25, -0.2) is 0 Å². The standard InChI is InChI=1S/C18H20N4O3/c1-21-15-5-3-2-4-13(15)17(14(10-19)18(21)25)22(16(24)11-23)12-6-8-20-9-7-12/h2-5,12,20,23H,6-9,11H2,1H3. The average Bonchev–Trinajstić information content (AvgIpc) is 2.66. The van der Waals surface area contributed by atoms with E-state index in [0.717, 1.165) is 13.1 Å². The first-order valence-electron chi connectivity index (χ1n) is 8.25. The van der Waals surface area contributed by atoms with E-state index in [9.17, 15) is 20.0 Å². The number of aliphatic hydroxyl groups is 1. The number of benzene rings is 1. The number of carbonyl (C=O) groups excluding carboxylic acids is 1. The number of amides is 1. The first-order valence-corrected chi connectivity index (χ1v) is 8.25. The van der Waals surface area contributed by atoms with Crippen LogP contribution in [0, 0.1) is 11.3 Å². The lowest BCUT2D eigenvalue weighted by atomic mass is 10.0. The van der Waals surface area contributed by atoms with Gasteiger partial charge < -0.3 is 19.9 Å². The topological polar surface area (TPSA) is 98.4 Å². The van der Waals surface area contributed by atoms with E-state index in [0.29, 0.717) is 29.4 Å². The zero-order valence-corrected chi connectivity index (χ0v) is 14.0. The molecule has 1 aliphatic rings. The van der Waals surface area contributed by atoms with E-state index >= 15 is 0 Å². The van der Waals surface area contributed by atoms with Crippen molar-refractivity contribution in [1.82, 2.24) is 9.88 Å². The Morgan fingerprint density at radius 3 is 2.72 bits per heavy atom. The molecule has 1 amide bonds. The van der Waals surface area contributed by atoms with Crippen molar-refractivity contribution in [2.24, 2.45) is 7.05 Å². The molecule has 1 aliphatic heterocycles. The first kappa shape index (κ1) is 17.1. The quantitative estimate of drug-likeness (QED) is 0.847. The minimum atomic E-state index is -0.668. The van der Waals surface area contributed by atoms with Crippen LogP contribution < -0.4 is 15.8 Å². The molecule has 3 rings (SSSR count). The SMILES string of the molecule is Cn1c(=O)c(C#N)c(N(C(=O)CO)C2CCNCC2)c2ccccc21. The van der Waals surface area contributed by atoms with Crippen molar-refractivity contribution in [1.29, 1.82) is 5.26 Å². The van der Waals surface area contributed by atoms with Crippen molar-refractivity contribution in [3.8, 4) is 6.07 Å². The van der Waals surface area contributed by atoms with E-state index in [4.69, 9.17) is 0 Å². The summed E-state index contributed by atoms with van der Waals surface area (Å²) in [5, 5.41) is 23.0. The monoisotopic (exact) mass is 340 g/mol. The molecule has 25 heavy (non-hydrogen) atoms. The molecule has 7 nitrogen and oxygen atoms in total. The van der Waals surface area contributed by atoms with E-state index < -0.39 is 18.1 Å². The molecule has 1 fully saturated rings. The van der Waals surface area contributed by atoms with Crippen molar-refractivity contribution in [2.45, 2.75) is 18.9 Å². The summed E-state index contributed by atoms with van der Waals surface area (Å²) in [6.45, 7) is 0.813. The molecule has 2 aromatic rings. The molecule has 0 radical (unpaired) electrons. The Balaban J connectivity index is 2.33. The molecule has 0 saturated carbocycles. The number of piperidine rings is 1. The fraction of sp³-hybridized carbons (Fsp3) is 0.389.